The third-order valence-electron chi connectivity index (χ3n) is 5.61. The van der Waals surface area contributed by atoms with Gasteiger partial charge in [0, 0.05) is 17.1 Å². The highest BCUT2D eigenvalue weighted by Crippen LogP contribution is 2.24. The summed E-state index contributed by atoms with van der Waals surface area (Å²) in [7, 11) is 0. The van der Waals surface area contributed by atoms with Gasteiger partial charge >= 0.3 is 12.0 Å². The van der Waals surface area contributed by atoms with Crippen LogP contribution in [0.3, 0.4) is 0 Å². The molecule has 7 heteroatoms. The molecule has 2 aromatic rings. The Bertz CT molecular complexity index is 951. The van der Waals surface area contributed by atoms with E-state index in [0.717, 1.165) is 36.9 Å². The zero-order valence-electron chi connectivity index (χ0n) is 17.8. The van der Waals surface area contributed by atoms with Crippen molar-refractivity contribution in [3.05, 3.63) is 41.1 Å². The van der Waals surface area contributed by atoms with Crippen molar-refractivity contribution >= 4 is 28.8 Å². The van der Waals surface area contributed by atoms with Crippen molar-refractivity contribution in [1.82, 2.24) is 15.6 Å². The maximum absolute atomic E-state index is 12.9. The van der Waals surface area contributed by atoms with Crippen LogP contribution in [0.1, 0.15) is 67.6 Å². The molecule has 3 rings (SSSR count). The molecule has 0 spiro atoms. The molecule has 7 nitrogen and oxygen atoms in total. The van der Waals surface area contributed by atoms with Crippen LogP contribution >= 0.6 is 0 Å². The highest BCUT2D eigenvalue weighted by Gasteiger charge is 2.25. The lowest BCUT2D eigenvalue weighted by Gasteiger charge is -2.23. The molecule has 2 N–H and O–H groups in total. The molecule has 1 aromatic heterocycles. The number of ether oxygens (including phenoxy) is 1. The van der Waals surface area contributed by atoms with E-state index < -0.39 is 24.0 Å². The Morgan fingerprint density at radius 3 is 2.57 bits per heavy atom. The summed E-state index contributed by atoms with van der Waals surface area (Å²) in [6.45, 7) is 5.26. The number of hydrogen-bond donors (Lipinski definition) is 2. The van der Waals surface area contributed by atoms with Crippen LogP contribution in [0.25, 0.3) is 10.9 Å². The molecular weight excluding hydrogens is 382 g/mol. The van der Waals surface area contributed by atoms with Gasteiger partial charge in [-0.15, -0.1) is 0 Å². The lowest BCUT2D eigenvalue weighted by atomic mass is 9.96. The molecule has 30 heavy (non-hydrogen) atoms. The number of amides is 3. The minimum atomic E-state index is -1.11. The van der Waals surface area contributed by atoms with Gasteiger partial charge in [0.15, 0.2) is 6.10 Å². The molecule has 1 heterocycles. The molecule has 0 unspecified atom stereocenters. The van der Waals surface area contributed by atoms with Crippen LogP contribution in [0, 0.1) is 6.92 Å². The van der Waals surface area contributed by atoms with E-state index in [1.54, 1.807) is 0 Å². The number of hydrogen-bond acceptors (Lipinski definition) is 5. The van der Waals surface area contributed by atoms with E-state index in [2.05, 4.69) is 15.6 Å². The van der Waals surface area contributed by atoms with Gasteiger partial charge in [-0.25, -0.2) is 9.59 Å². The summed E-state index contributed by atoms with van der Waals surface area (Å²) >= 11 is 0. The second-order valence-corrected chi connectivity index (χ2v) is 7.77. The van der Waals surface area contributed by atoms with Gasteiger partial charge in [0.2, 0.25) is 0 Å². The van der Waals surface area contributed by atoms with Gasteiger partial charge in [0.05, 0.1) is 11.1 Å². The molecule has 0 bridgehead atoms. The summed E-state index contributed by atoms with van der Waals surface area (Å²) in [6.07, 6.45) is 4.73. The van der Waals surface area contributed by atoms with Gasteiger partial charge in [-0.3, -0.25) is 15.1 Å². The summed E-state index contributed by atoms with van der Waals surface area (Å²) in [6, 6.07) is 6.89. The third kappa shape index (κ3) is 4.96. The molecule has 1 atom stereocenters. The average Bonchev–Trinajstić information content (AvgIpc) is 2.73. The highest BCUT2D eigenvalue weighted by atomic mass is 16.5. The van der Waals surface area contributed by atoms with Gasteiger partial charge in [0.1, 0.15) is 0 Å². The number of pyridine rings is 1. The Hall–Kier alpha value is -2.96. The van der Waals surface area contributed by atoms with Crippen molar-refractivity contribution in [1.29, 1.82) is 0 Å². The first-order valence-electron chi connectivity index (χ1n) is 10.6. The van der Waals surface area contributed by atoms with Gasteiger partial charge < -0.3 is 10.1 Å². The molecule has 1 aliphatic carbocycles. The number of urea groups is 1. The Balaban J connectivity index is 1.68. The SMILES string of the molecule is CCc1nc2ccccc2c(C(=O)O[C@@H](C)C(=O)NC(=O)NC2CCCCC2)c1C. The van der Waals surface area contributed by atoms with Crippen molar-refractivity contribution in [3.8, 4) is 0 Å². The van der Waals surface area contributed by atoms with Gasteiger partial charge in [0.25, 0.3) is 5.91 Å². The fourth-order valence-electron chi connectivity index (χ4n) is 3.92. The Labute approximate surface area is 176 Å². The number of esters is 1. The van der Waals surface area contributed by atoms with E-state index in [-0.39, 0.29) is 6.04 Å². The van der Waals surface area contributed by atoms with E-state index in [1.807, 2.05) is 38.1 Å². The molecule has 0 aliphatic heterocycles. The molecule has 1 aromatic carbocycles. The third-order valence-corrected chi connectivity index (χ3v) is 5.61. The molecule has 3 amide bonds. The van der Waals surface area contributed by atoms with Gasteiger partial charge in [-0.2, -0.15) is 0 Å². The molecule has 160 valence electrons. The average molecular weight is 412 g/mol. The first-order chi connectivity index (χ1) is 14.4. The summed E-state index contributed by atoms with van der Waals surface area (Å²) in [5.41, 5.74) is 2.66. The molecule has 1 saturated carbocycles. The van der Waals surface area contributed by atoms with Crippen molar-refractivity contribution in [2.45, 2.75) is 71.4 Å². The monoisotopic (exact) mass is 411 g/mol. The van der Waals surface area contributed by atoms with E-state index in [1.165, 1.54) is 13.3 Å². The summed E-state index contributed by atoms with van der Waals surface area (Å²) in [4.78, 5) is 42.0. The number of rotatable bonds is 5. The smallest absolute Gasteiger partial charge is 0.339 e. The van der Waals surface area contributed by atoms with E-state index in [0.29, 0.717) is 22.9 Å². The number of aryl methyl sites for hydroxylation is 1. The minimum Gasteiger partial charge on any atom is -0.449 e. The van der Waals surface area contributed by atoms with Crippen LogP contribution in [-0.2, 0) is 16.0 Å². The first-order valence-corrected chi connectivity index (χ1v) is 10.6. The Morgan fingerprint density at radius 2 is 1.87 bits per heavy atom. The predicted molar refractivity (Wildman–Crippen MR) is 114 cm³/mol. The largest absolute Gasteiger partial charge is 0.449 e. The number of carbonyl (C=O) groups is 3. The molecule has 1 aliphatic rings. The number of nitrogens with one attached hydrogen (secondary N) is 2. The summed E-state index contributed by atoms with van der Waals surface area (Å²) in [5.74, 6) is -1.25. The fraction of sp³-hybridized carbons (Fsp3) is 0.478. The normalized spacial score (nSPS) is 15.4. The lowest BCUT2D eigenvalue weighted by Crippen LogP contribution is -2.48. The summed E-state index contributed by atoms with van der Waals surface area (Å²) < 4.78 is 5.42. The van der Waals surface area contributed by atoms with Crippen LogP contribution < -0.4 is 10.6 Å². The van der Waals surface area contributed by atoms with Gasteiger partial charge in [-0.1, -0.05) is 44.4 Å². The summed E-state index contributed by atoms with van der Waals surface area (Å²) in [5, 5.41) is 5.78. The first kappa shape index (κ1) is 21.7. The quantitative estimate of drug-likeness (QED) is 0.729. The Kier molecular flexibility index (Phi) is 7.03. The zero-order valence-corrected chi connectivity index (χ0v) is 17.8. The molecule has 0 radical (unpaired) electrons. The second kappa shape index (κ2) is 9.69. The van der Waals surface area contributed by atoms with Crippen molar-refractivity contribution < 1.29 is 19.1 Å². The number of para-hydroxylation sites is 1. The number of benzene rings is 1. The minimum absolute atomic E-state index is 0.0858. The zero-order chi connectivity index (χ0) is 21.7. The van der Waals surface area contributed by atoms with Crippen LogP contribution in [0.2, 0.25) is 0 Å². The second-order valence-electron chi connectivity index (χ2n) is 7.77. The molecule has 1 fully saturated rings. The van der Waals surface area contributed by atoms with E-state index in [4.69, 9.17) is 4.74 Å². The molecule has 0 saturated heterocycles. The van der Waals surface area contributed by atoms with Crippen LogP contribution in [-0.4, -0.2) is 35.0 Å². The van der Waals surface area contributed by atoms with Gasteiger partial charge in [-0.05, 0) is 44.7 Å². The van der Waals surface area contributed by atoms with Crippen molar-refractivity contribution in [3.63, 3.8) is 0 Å². The number of carbonyl (C=O) groups excluding carboxylic acids is 3. The van der Waals surface area contributed by atoms with E-state index >= 15 is 0 Å². The lowest BCUT2D eigenvalue weighted by molar-refractivity contribution is -0.127. The van der Waals surface area contributed by atoms with Crippen molar-refractivity contribution in [2.24, 2.45) is 0 Å². The number of fused-ring (bicyclic) bond motifs is 1. The highest BCUT2D eigenvalue weighted by molar-refractivity contribution is 6.06. The Morgan fingerprint density at radius 1 is 1.17 bits per heavy atom. The topological polar surface area (TPSA) is 97.4 Å². The predicted octanol–water partition coefficient (Wildman–Crippen LogP) is 3.81. The number of nitrogens with zero attached hydrogens (tertiary/aromatic N) is 1. The fourth-order valence-corrected chi connectivity index (χ4v) is 3.92. The van der Waals surface area contributed by atoms with Crippen LogP contribution in [0.4, 0.5) is 4.79 Å². The standard InChI is InChI=1S/C23H29N3O4/c1-4-18-14(2)20(17-12-8-9-13-19(17)25-18)22(28)30-15(3)21(27)26-23(29)24-16-10-6-5-7-11-16/h8-9,12-13,15-16H,4-7,10-11H2,1-3H3,(H2,24,26,27,29)/t15-/m0/s1. The van der Waals surface area contributed by atoms with Crippen LogP contribution in [0.5, 0.6) is 0 Å². The van der Waals surface area contributed by atoms with Crippen molar-refractivity contribution in [2.75, 3.05) is 0 Å². The number of aromatic nitrogens is 1. The maximum atomic E-state index is 12.9. The van der Waals surface area contributed by atoms with E-state index in [9.17, 15) is 14.4 Å². The maximum Gasteiger partial charge on any atom is 0.339 e. The molecular formula is C23H29N3O4. The number of imide groups is 1. The van der Waals surface area contributed by atoms with Crippen LogP contribution in [0.15, 0.2) is 24.3 Å².